The van der Waals surface area contributed by atoms with Gasteiger partial charge in [-0.05, 0) is 50.6 Å². The predicted molar refractivity (Wildman–Crippen MR) is 97.8 cm³/mol. The monoisotopic (exact) mass is 344 g/mol. The summed E-state index contributed by atoms with van der Waals surface area (Å²) in [6.45, 7) is 7.07. The summed E-state index contributed by atoms with van der Waals surface area (Å²) < 4.78 is 27.6. The van der Waals surface area contributed by atoms with Gasteiger partial charge in [-0.2, -0.15) is 4.31 Å². The van der Waals surface area contributed by atoms with Crippen LogP contribution in [0, 0.1) is 6.92 Å². The van der Waals surface area contributed by atoms with Crippen molar-refractivity contribution >= 4 is 15.7 Å². The van der Waals surface area contributed by atoms with Gasteiger partial charge in [0.15, 0.2) is 0 Å². The van der Waals surface area contributed by atoms with E-state index in [-0.39, 0.29) is 12.1 Å². The van der Waals surface area contributed by atoms with E-state index in [4.69, 9.17) is 0 Å². The van der Waals surface area contributed by atoms with E-state index in [1.165, 1.54) is 0 Å². The van der Waals surface area contributed by atoms with Gasteiger partial charge < -0.3 is 4.90 Å². The zero-order chi connectivity index (χ0) is 17.3. The van der Waals surface area contributed by atoms with Gasteiger partial charge in [0.2, 0.25) is 10.0 Å². The summed E-state index contributed by atoms with van der Waals surface area (Å²) in [6.07, 6.45) is 0. The van der Waals surface area contributed by atoms with Crippen molar-refractivity contribution in [2.45, 2.75) is 37.8 Å². The molecule has 3 rings (SSSR count). The fraction of sp³-hybridized carbons (Fsp3) is 0.368. The average molecular weight is 344 g/mol. The number of nitrogens with zero attached hydrogens (tertiary/aromatic N) is 2. The Hall–Kier alpha value is -1.85. The molecule has 2 aromatic carbocycles. The van der Waals surface area contributed by atoms with E-state index in [9.17, 15) is 8.42 Å². The van der Waals surface area contributed by atoms with E-state index in [2.05, 4.69) is 30.9 Å². The number of aryl methyl sites for hydroxylation is 1. The molecular weight excluding hydrogens is 320 g/mol. The maximum atomic E-state index is 13.0. The third-order valence-corrected chi connectivity index (χ3v) is 6.39. The summed E-state index contributed by atoms with van der Waals surface area (Å²) in [6, 6.07) is 17.6. The Bertz CT molecular complexity index is 793. The molecule has 1 aliphatic heterocycles. The molecule has 0 N–H and O–H groups in total. The van der Waals surface area contributed by atoms with Crippen molar-refractivity contribution in [2.75, 3.05) is 18.0 Å². The molecule has 2 aromatic rings. The molecule has 5 heteroatoms. The smallest absolute Gasteiger partial charge is 0.243 e. The highest BCUT2D eigenvalue weighted by Crippen LogP contribution is 2.27. The quantitative estimate of drug-likeness (QED) is 0.858. The molecule has 1 saturated heterocycles. The first kappa shape index (κ1) is 17.0. The number of anilines is 1. The zero-order valence-electron chi connectivity index (χ0n) is 14.4. The lowest BCUT2D eigenvalue weighted by Crippen LogP contribution is -2.58. The Balaban J connectivity index is 1.86. The van der Waals surface area contributed by atoms with Crippen LogP contribution in [0.25, 0.3) is 0 Å². The minimum Gasteiger partial charge on any atom is -0.363 e. The molecule has 2 unspecified atom stereocenters. The summed E-state index contributed by atoms with van der Waals surface area (Å²) >= 11 is 0. The fourth-order valence-corrected chi connectivity index (χ4v) is 5.21. The van der Waals surface area contributed by atoms with Crippen LogP contribution in [0.15, 0.2) is 59.5 Å². The molecule has 0 saturated carbocycles. The van der Waals surface area contributed by atoms with Gasteiger partial charge in [0.05, 0.1) is 4.90 Å². The van der Waals surface area contributed by atoms with E-state index >= 15 is 0 Å². The molecular formula is C19H24N2O2S. The summed E-state index contributed by atoms with van der Waals surface area (Å²) in [7, 11) is -3.45. The second-order valence-corrected chi connectivity index (χ2v) is 8.52. The Kier molecular flexibility index (Phi) is 4.65. The second-order valence-electron chi connectivity index (χ2n) is 6.58. The number of sulfonamides is 1. The summed E-state index contributed by atoms with van der Waals surface area (Å²) in [5, 5.41) is 0. The predicted octanol–water partition coefficient (Wildman–Crippen LogP) is 3.28. The van der Waals surface area contributed by atoms with Crippen molar-refractivity contribution in [3.05, 3.63) is 60.2 Å². The highest BCUT2D eigenvalue weighted by atomic mass is 32.2. The number of hydrogen-bond acceptors (Lipinski definition) is 3. The van der Waals surface area contributed by atoms with Gasteiger partial charge in [-0.3, -0.25) is 0 Å². The molecule has 0 aromatic heterocycles. The van der Waals surface area contributed by atoms with Crippen molar-refractivity contribution in [2.24, 2.45) is 0 Å². The molecule has 1 aliphatic rings. The molecule has 128 valence electrons. The average Bonchev–Trinajstić information content (AvgIpc) is 2.55. The minimum atomic E-state index is -3.45. The van der Waals surface area contributed by atoms with Crippen LogP contribution in [0.1, 0.15) is 19.4 Å². The topological polar surface area (TPSA) is 40.6 Å². The van der Waals surface area contributed by atoms with Gasteiger partial charge in [-0.25, -0.2) is 8.42 Å². The molecule has 0 aliphatic carbocycles. The Morgan fingerprint density at radius 3 is 2.12 bits per heavy atom. The second kappa shape index (κ2) is 6.57. The van der Waals surface area contributed by atoms with Crippen molar-refractivity contribution in [3.8, 4) is 0 Å². The number of rotatable bonds is 3. The molecule has 1 fully saturated rings. The summed E-state index contributed by atoms with van der Waals surface area (Å²) in [4.78, 5) is 2.69. The van der Waals surface area contributed by atoms with Crippen molar-refractivity contribution in [1.82, 2.24) is 4.31 Å². The normalized spacial score (nSPS) is 22.5. The Labute approximate surface area is 144 Å². The van der Waals surface area contributed by atoms with Crippen molar-refractivity contribution < 1.29 is 8.42 Å². The molecule has 0 spiro atoms. The van der Waals surface area contributed by atoms with Crippen LogP contribution in [0.2, 0.25) is 0 Å². The number of benzene rings is 2. The third-order valence-electron chi connectivity index (χ3n) is 4.57. The standard InChI is InChI=1S/C19H24N2O2S/c1-15-8-7-11-19(12-15)24(22,23)20-13-16(2)21(17(3)14-20)18-9-5-4-6-10-18/h4-12,16-17H,13-14H2,1-3H3. The number of hydrogen-bond donors (Lipinski definition) is 0. The van der Waals surface area contributed by atoms with Crippen molar-refractivity contribution in [1.29, 1.82) is 0 Å². The number of para-hydroxylation sites is 1. The van der Waals surface area contributed by atoms with Crippen molar-refractivity contribution in [3.63, 3.8) is 0 Å². The van der Waals surface area contributed by atoms with Crippen LogP contribution in [-0.4, -0.2) is 37.9 Å². The Morgan fingerprint density at radius 2 is 1.54 bits per heavy atom. The number of piperazine rings is 1. The van der Waals surface area contributed by atoms with E-state index in [1.54, 1.807) is 22.5 Å². The SMILES string of the molecule is Cc1cccc(S(=O)(=O)N2CC(C)N(c3ccccc3)C(C)C2)c1. The molecule has 0 amide bonds. The van der Waals surface area contributed by atoms with Gasteiger partial charge >= 0.3 is 0 Å². The lowest BCUT2D eigenvalue weighted by Gasteiger charge is -2.45. The highest BCUT2D eigenvalue weighted by Gasteiger charge is 2.36. The van der Waals surface area contributed by atoms with Gasteiger partial charge in [-0.15, -0.1) is 0 Å². The van der Waals surface area contributed by atoms with Crippen LogP contribution in [0.3, 0.4) is 0 Å². The van der Waals surface area contributed by atoms with Gasteiger partial charge in [0, 0.05) is 30.9 Å². The third kappa shape index (κ3) is 3.19. The van der Waals surface area contributed by atoms with E-state index < -0.39 is 10.0 Å². The molecule has 1 heterocycles. The van der Waals surface area contributed by atoms with Crippen LogP contribution in [0.4, 0.5) is 5.69 Å². The van der Waals surface area contributed by atoms with E-state index in [1.807, 2.05) is 31.2 Å². The first-order valence-corrected chi connectivity index (χ1v) is 9.74. The van der Waals surface area contributed by atoms with E-state index in [0.717, 1.165) is 11.3 Å². The van der Waals surface area contributed by atoms with Crippen LogP contribution < -0.4 is 4.90 Å². The molecule has 24 heavy (non-hydrogen) atoms. The zero-order valence-corrected chi connectivity index (χ0v) is 15.2. The highest BCUT2D eigenvalue weighted by molar-refractivity contribution is 7.89. The lowest BCUT2D eigenvalue weighted by atomic mass is 10.1. The van der Waals surface area contributed by atoms with Gasteiger partial charge in [0.1, 0.15) is 0 Å². The van der Waals surface area contributed by atoms with Crippen LogP contribution in [0.5, 0.6) is 0 Å². The molecule has 0 bridgehead atoms. The summed E-state index contributed by atoms with van der Waals surface area (Å²) in [5.74, 6) is 0. The largest absolute Gasteiger partial charge is 0.363 e. The van der Waals surface area contributed by atoms with Crippen LogP contribution in [-0.2, 0) is 10.0 Å². The van der Waals surface area contributed by atoms with Gasteiger partial charge in [0.25, 0.3) is 0 Å². The lowest BCUT2D eigenvalue weighted by molar-refractivity contribution is 0.301. The maximum absolute atomic E-state index is 13.0. The molecule has 2 atom stereocenters. The molecule has 4 nitrogen and oxygen atoms in total. The maximum Gasteiger partial charge on any atom is 0.243 e. The van der Waals surface area contributed by atoms with Crippen LogP contribution >= 0.6 is 0 Å². The first-order chi connectivity index (χ1) is 11.4. The van der Waals surface area contributed by atoms with Gasteiger partial charge in [-0.1, -0.05) is 30.3 Å². The Morgan fingerprint density at radius 1 is 0.917 bits per heavy atom. The first-order valence-electron chi connectivity index (χ1n) is 8.30. The molecule has 0 radical (unpaired) electrons. The van der Waals surface area contributed by atoms with E-state index in [0.29, 0.717) is 18.0 Å². The minimum absolute atomic E-state index is 0.121. The summed E-state index contributed by atoms with van der Waals surface area (Å²) in [5.41, 5.74) is 2.10. The fourth-order valence-electron chi connectivity index (χ4n) is 3.50.